The molecule has 2 aromatic rings. The first-order valence-corrected chi connectivity index (χ1v) is 8.27. The van der Waals surface area contributed by atoms with E-state index >= 15 is 0 Å². The molecule has 0 bridgehead atoms. The van der Waals surface area contributed by atoms with Gasteiger partial charge in [-0.25, -0.2) is 9.97 Å². The summed E-state index contributed by atoms with van der Waals surface area (Å²) in [6.45, 7) is 5.88. The Balaban J connectivity index is 1.86. The van der Waals surface area contributed by atoms with Crippen LogP contribution in [0.15, 0.2) is 16.4 Å². The molecule has 0 unspecified atom stereocenters. The van der Waals surface area contributed by atoms with Gasteiger partial charge in [0.1, 0.15) is 10.9 Å². The lowest BCUT2D eigenvalue weighted by Crippen LogP contribution is -2.05. The molecule has 2 aromatic heterocycles. The molecule has 3 heterocycles. The Morgan fingerprint density at radius 2 is 2.19 bits per heavy atom. The third-order valence-electron chi connectivity index (χ3n) is 3.52. The van der Waals surface area contributed by atoms with Gasteiger partial charge in [0.05, 0.1) is 0 Å². The first-order valence-electron chi connectivity index (χ1n) is 7.45. The zero-order valence-electron chi connectivity index (χ0n) is 12.5. The van der Waals surface area contributed by atoms with Crippen molar-refractivity contribution in [2.45, 2.75) is 56.3 Å². The molecule has 112 valence electrons. The highest BCUT2D eigenvalue weighted by molar-refractivity contribution is 7.99. The van der Waals surface area contributed by atoms with E-state index in [4.69, 9.17) is 0 Å². The Labute approximate surface area is 128 Å². The summed E-state index contributed by atoms with van der Waals surface area (Å²) in [5, 5.41) is 13.7. The Kier molecular flexibility index (Phi) is 4.38. The minimum atomic E-state index is 0.668. The van der Waals surface area contributed by atoms with E-state index in [0.29, 0.717) is 5.95 Å². The van der Waals surface area contributed by atoms with Crippen LogP contribution in [0.2, 0.25) is 0 Å². The Morgan fingerprint density at radius 3 is 3.05 bits per heavy atom. The maximum absolute atomic E-state index is 4.57. The van der Waals surface area contributed by atoms with E-state index < -0.39 is 0 Å². The average molecular weight is 304 g/mol. The molecule has 7 heteroatoms. The van der Waals surface area contributed by atoms with Crippen LogP contribution in [0.5, 0.6) is 0 Å². The quantitative estimate of drug-likeness (QED) is 0.876. The predicted octanol–water partition coefficient (Wildman–Crippen LogP) is 2.69. The molecule has 0 radical (unpaired) electrons. The van der Waals surface area contributed by atoms with Crippen molar-refractivity contribution in [2.24, 2.45) is 0 Å². The lowest BCUT2D eigenvalue weighted by molar-refractivity contribution is 0.590. The van der Waals surface area contributed by atoms with Crippen LogP contribution in [0.25, 0.3) is 0 Å². The molecule has 3 rings (SSSR count). The van der Waals surface area contributed by atoms with Gasteiger partial charge in [0.25, 0.3) is 0 Å². The number of rotatable bonds is 4. The molecule has 0 aliphatic carbocycles. The van der Waals surface area contributed by atoms with Crippen molar-refractivity contribution in [2.75, 3.05) is 11.9 Å². The van der Waals surface area contributed by atoms with Crippen LogP contribution >= 0.6 is 11.8 Å². The van der Waals surface area contributed by atoms with Gasteiger partial charge in [0, 0.05) is 31.3 Å². The molecule has 0 fully saturated rings. The maximum Gasteiger partial charge on any atom is 0.223 e. The Hall–Kier alpha value is -1.63. The molecule has 0 saturated carbocycles. The number of hydrogen-bond acceptors (Lipinski definition) is 6. The summed E-state index contributed by atoms with van der Waals surface area (Å²) in [4.78, 5) is 8.85. The van der Waals surface area contributed by atoms with Gasteiger partial charge in [-0.1, -0.05) is 6.42 Å². The molecule has 1 aliphatic rings. The topological polar surface area (TPSA) is 68.5 Å². The van der Waals surface area contributed by atoms with E-state index in [0.717, 1.165) is 41.1 Å². The van der Waals surface area contributed by atoms with E-state index in [9.17, 15) is 0 Å². The number of fused-ring (bicyclic) bond motifs is 1. The average Bonchev–Trinajstić information content (AvgIpc) is 2.71. The summed E-state index contributed by atoms with van der Waals surface area (Å²) in [6, 6.07) is 0. The fraction of sp³-hybridized carbons (Fsp3) is 0.571. The van der Waals surface area contributed by atoms with Gasteiger partial charge in [0.15, 0.2) is 5.16 Å². The summed E-state index contributed by atoms with van der Waals surface area (Å²) >= 11 is 1.58. The number of aryl methyl sites for hydroxylation is 2. The van der Waals surface area contributed by atoms with E-state index in [1.807, 2.05) is 20.0 Å². The molecule has 0 spiro atoms. The predicted molar refractivity (Wildman–Crippen MR) is 82.6 cm³/mol. The van der Waals surface area contributed by atoms with Gasteiger partial charge in [-0.2, -0.15) is 0 Å². The number of nitrogens with zero attached hydrogens (tertiary/aromatic N) is 5. The third kappa shape index (κ3) is 3.18. The molecular weight excluding hydrogens is 284 g/mol. The molecule has 21 heavy (non-hydrogen) atoms. The van der Waals surface area contributed by atoms with Crippen molar-refractivity contribution in [1.29, 1.82) is 0 Å². The van der Waals surface area contributed by atoms with E-state index in [2.05, 4.69) is 30.0 Å². The van der Waals surface area contributed by atoms with Gasteiger partial charge in [-0.15, -0.1) is 10.2 Å². The summed E-state index contributed by atoms with van der Waals surface area (Å²) in [7, 11) is 0. The van der Waals surface area contributed by atoms with Crippen LogP contribution in [0, 0.1) is 6.92 Å². The van der Waals surface area contributed by atoms with Crippen LogP contribution in [0.4, 0.5) is 5.95 Å². The number of anilines is 1. The van der Waals surface area contributed by atoms with Crippen molar-refractivity contribution in [3.05, 3.63) is 17.6 Å². The minimum Gasteiger partial charge on any atom is -0.354 e. The van der Waals surface area contributed by atoms with E-state index in [-0.39, 0.29) is 0 Å². The molecular formula is C14H20N6S. The van der Waals surface area contributed by atoms with Gasteiger partial charge in [-0.3, -0.25) is 0 Å². The SMILES string of the molecule is CCNc1ncc(C)c(Sc2nnc3n2CCCCC3)n1. The molecule has 0 atom stereocenters. The van der Waals surface area contributed by atoms with Crippen molar-refractivity contribution in [3.8, 4) is 0 Å². The fourth-order valence-corrected chi connectivity index (χ4v) is 3.30. The van der Waals surface area contributed by atoms with Gasteiger partial charge < -0.3 is 9.88 Å². The second kappa shape index (κ2) is 6.43. The first kappa shape index (κ1) is 14.3. The number of aromatic nitrogens is 5. The smallest absolute Gasteiger partial charge is 0.223 e. The molecule has 1 aliphatic heterocycles. The summed E-state index contributed by atoms with van der Waals surface area (Å²) < 4.78 is 2.24. The lowest BCUT2D eigenvalue weighted by atomic mass is 10.2. The van der Waals surface area contributed by atoms with Crippen molar-refractivity contribution >= 4 is 17.7 Å². The first-order chi connectivity index (χ1) is 10.3. The highest BCUT2D eigenvalue weighted by atomic mass is 32.2. The maximum atomic E-state index is 4.57. The standard InChI is InChI=1S/C14H20N6S/c1-3-15-13-16-9-10(2)12(17-13)21-14-19-18-11-7-5-4-6-8-20(11)14/h9H,3-8H2,1-2H3,(H,15,16,17). The fourth-order valence-electron chi connectivity index (χ4n) is 2.39. The zero-order valence-corrected chi connectivity index (χ0v) is 13.3. The minimum absolute atomic E-state index is 0.668. The number of nitrogens with one attached hydrogen (secondary N) is 1. The van der Waals surface area contributed by atoms with Crippen LogP contribution in [0.3, 0.4) is 0 Å². The second-order valence-corrected chi connectivity index (χ2v) is 6.13. The second-order valence-electron chi connectivity index (χ2n) is 5.18. The summed E-state index contributed by atoms with van der Waals surface area (Å²) in [5.74, 6) is 1.77. The zero-order chi connectivity index (χ0) is 14.7. The van der Waals surface area contributed by atoms with Gasteiger partial charge in [-0.05, 0) is 38.5 Å². The van der Waals surface area contributed by atoms with Crippen LogP contribution in [-0.2, 0) is 13.0 Å². The van der Waals surface area contributed by atoms with Crippen LogP contribution < -0.4 is 5.32 Å². The lowest BCUT2D eigenvalue weighted by Gasteiger charge is -2.09. The molecule has 0 amide bonds. The monoisotopic (exact) mass is 304 g/mol. The van der Waals surface area contributed by atoms with Gasteiger partial charge in [0.2, 0.25) is 5.95 Å². The molecule has 6 nitrogen and oxygen atoms in total. The van der Waals surface area contributed by atoms with Crippen molar-refractivity contribution in [1.82, 2.24) is 24.7 Å². The van der Waals surface area contributed by atoms with Crippen LogP contribution in [-0.4, -0.2) is 31.3 Å². The highest BCUT2D eigenvalue weighted by Crippen LogP contribution is 2.29. The largest absolute Gasteiger partial charge is 0.354 e. The van der Waals surface area contributed by atoms with Crippen molar-refractivity contribution in [3.63, 3.8) is 0 Å². The summed E-state index contributed by atoms with van der Waals surface area (Å²) in [6.07, 6.45) is 6.56. The third-order valence-corrected chi connectivity index (χ3v) is 4.61. The normalized spacial score (nSPS) is 14.6. The Morgan fingerprint density at radius 1 is 1.29 bits per heavy atom. The highest BCUT2D eigenvalue weighted by Gasteiger charge is 2.17. The molecule has 0 aromatic carbocycles. The molecule has 0 saturated heterocycles. The van der Waals surface area contributed by atoms with Crippen LogP contribution in [0.1, 0.15) is 37.6 Å². The Bertz CT molecular complexity index is 624. The molecule has 1 N–H and O–H groups in total. The number of hydrogen-bond donors (Lipinski definition) is 1. The summed E-state index contributed by atoms with van der Waals surface area (Å²) in [5.41, 5.74) is 1.06. The van der Waals surface area contributed by atoms with E-state index in [1.54, 1.807) is 11.8 Å². The van der Waals surface area contributed by atoms with E-state index in [1.165, 1.54) is 19.3 Å². The van der Waals surface area contributed by atoms with Crippen molar-refractivity contribution < 1.29 is 0 Å². The van der Waals surface area contributed by atoms with Gasteiger partial charge >= 0.3 is 0 Å².